The summed E-state index contributed by atoms with van der Waals surface area (Å²) in [6, 6.07) is 19.2. The fourth-order valence-corrected chi connectivity index (χ4v) is 3.88. The molecule has 3 rings (SSSR count). The average Bonchev–Trinajstić information content (AvgIpc) is 2.74. The molecule has 0 amide bonds. The highest BCUT2D eigenvalue weighted by atomic mass is 32.1. The summed E-state index contributed by atoms with van der Waals surface area (Å²) in [5, 5.41) is 7.48. The van der Waals surface area contributed by atoms with Gasteiger partial charge in [0.15, 0.2) is 5.11 Å². The van der Waals surface area contributed by atoms with Crippen LogP contribution in [0.4, 0.5) is 0 Å². The number of ether oxygens (including phenoxy) is 1. The van der Waals surface area contributed by atoms with Crippen LogP contribution in [-0.2, 0) is 6.54 Å². The zero-order valence-electron chi connectivity index (χ0n) is 16.0. The number of rotatable bonds is 7. The van der Waals surface area contributed by atoms with Crippen LogP contribution in [0.3, 0.4) is 0 Å². The molecule has 1 saturated heterocycles. The quantitative estimate of drug-likeness (QED) is 0.641. The molecule has 0 unspecified atom stereocenters. The van der Waals surface area contributed by atoms with Crippen LogP contribution in [0, 0.1) is 0 Å². The summed E-state index contributed by atoms with van der Waals surface area (Å²) in [5.74, 6) is 0.902. The molecule has 1 aliphatic heterocycles. The Morgan fingerprint density at radius 3 is 2.37 bits per heavy atom. The molecular formula is C22H30N3OS+. The molecule has 0 bridgehead atoms. The van der Waals surface area contributed by atoms with E-state index in [1.807, 2.05) is 18.2 Å². The lowest BCUT2D eigenvalue weighted by Gasteiger charge is -2.32. The molecule has 3 N–H and O–H groups in total. The Morgan fingerprint density at radius 1 is 1.00 bits per heavy atom. The topological polar surface area (TPSA) is 37.7 Å². The summed E-state index contributed by atoms with van der Waals surface area (Å²) in [5.41, 5.74) is 2.57. The third-order valence-electron chi connectivity index (χ3n) is 5.27. The SMILES string of the molecule is COc1ccc([C@H](CNC(=S)NCc2ccccc2)[NH+]2CCCCC2)cc1. The summed E-state index contributed by atoms with van der Waals surface area (Å²) < 4.78 is 5.31. The van der Waals surface area contributed by atoms with E-state index in [0.29, 0.717) is 11.2 Å². The molecule has 0 saturated carbocycles. The van der Waals surface area contributed by atoms with Crippen molar-refractivity contribution >= 4 is 17.3 Å². The van der Waals surface area contributed by atoms with Gasteiger partial charge in [0.05, 0.1) is 26.7 Å². The van der Waals surface area contributed by atoms with Gasteiger partial charge in [-0.15, -0.1) is 0 Å². The van der Waals surface area contributed by atoms with Crippen LogP contribution in [0.1, 0.15) is 36.4 Å². The van der Waals surface area contributed by atoms with Crippen LogP contribution in [-0.4, -0.2) is 31.9 Å². The summed E-state index contributed by atoms with van der Waals surface area (Å²) in [7, 11) is 1.71. The van der Waals surface area contributed by atoms with Gasteiger partial charge >= 0.3 is 0 Å². The molecule has 0 aromatic heterocycles. The monoisotopic (exact) mass is 384 g/mol. The Kier molecular flexibility index (Phi) is 7.48. The van der Waals surface area contributed by atoms with Crippen molar-refractivity contribution in [2.45, 2.75) is 31.8 Å². The van der Waals surface area contributed by atoms with Gasteiger partial charge in [0.25, 0.3) is 0 Å². The zero-order valence-corrected chi connectivity index (χ0v) is 16.9. The van der Waals surface area contributed by atoms with Crippen LogP contribution >= 0.6 is 12.2 Å². The molecule has 5 heteroatoms. The van der Waals surface area contributed by atoms with Crippen molar-refractivity contribution < 1.29 is 9.64 Å². The maximum absolute atomic E-state index is 5.51. The highest BCUT2D eigenvalue weighted by Gasteiger charge is 2.26. The van der Waals surface area contributed by atoms with Gasteiger partial charge in [-0.05, 0) is 61.3 Å². The molecule has 0 radical (unpaired) electrons. The fourth-order valence-electron chi connectivity index (χ4n) is 3.72. The number of thiocarbonyl (C=S) groups is 1. The minimum Gasteiger partial charge on any atom is -0.497 e. The summed E-state index contributed by atoms with van der Waals surface area (Å²) in [4.78, 5) is 1.64. The number of quaternary nitrogens is 1. The minimum atomic E-state index is 0.396. The van der Waals surface area contributed by atoms with Crippen molar-refractivity contribution in [1.82, 2.24) is 10.6 Å². The third-order valence-corrected chi connectivity index (χ3v) is 5.56. The van der Waals surface area contributed by atoms with Crippen molar-refractivity contribution in [3.8, 4) is 5.75 Å². The van der Waals surface area contributed by atoms with E-state index in [0.717, 1.165) is 18.8 Å². The Bertz CT molecular complexity index is 699. The van der Waals surface area contributed by atoms with E-state index in [1.165, 1.54) is 43.5 Å². The smallest absolute Gasteiger partial charge is 0.166 e. The van der Waals surface area contributed by atoms with Gasteiger partial charge in [0, 0.05) is 12.1 Å². The molecule has 0 aliphatic carbocycles. The Morgan fingerprint density at radius 2 is 1.70 bits per heavy atom. The van der Waals surface area contributed by atoms with E-state index in [9.17, 15) is 0 Å². The van der Waals surface area contributed by atoms with Crippen LogP contribution in [0.5, 0.6) is 5.75 Å². The number of hydrogen-bond donors (Lipinski definition) is 3. The summed E-state index contributed by atoms with van der Waals surface area (Å²) in [6.07, 6.45) is 3.96. The number of hydrogen-bond acceptors (Lipinski definition) is 2. The predicted molar refractivity (Wildman–Crippen MR) is 114 cm³/mol. The number of piperidine rings is 1. The van der Waals surface area contributed by atoms with E-state index in [1.54, 1.807) is 12.0 Å². The third kappa shape index (κ3) is 5.94. The molecule has 144 valence electrons. The Balaban J connectivity index is 1.59. The number of benzene rings is 2. The maximum Gasteiger partial charge on any atom is 0.166 e. The molecule has 0 spiro atoms. The molecular weight excluding hydrogens is 354 g/mol. The van der Waals surface area contributed by atoms with Crippen LogP contribution in [0.15, 0.2) is 54.6 Å². The second-order valence-corrected chi connectivity index (χ2v) is 7.50. The molecule has 2 aromatic rings. The predicted octanol–water partition coefficient (Wildman–Crippen LogP) is 2.47. The van der Waals surface area contributed by atoms with Crippen molar-refractivity contribution in [2.24, 2.45) is 0 Å². The van der Waals surface area contributed by atoms with Gasteiger partial charge in [-0.1, -0.05) is 30.3 Å². The van der Waals surface area contributed by atoms with Crippen LogP contribution in [0.25, 0.3) is 0 Å². The lowest BCUT2D eigenvalue weighted by atomic mass is 10.0. The second-order valence-electron chi connectivity index (χ2n) is 7.09. The van der Waals surface area contributed by atoms with E-state index in [2.05, 4.69) is 47.0 Å². The van der Waals surface area contributed by atoms with Gasteiger partial charge in [-0.3, -0.25) is 0 Å². The van der Waals surface area contributed by atoms with Crippen molar-refractivity contribution in [2.75, 3.05) is 26.7 Å². The van der Waals surface area contributed by atoms with E-state index < -0.39 is 0 Å². The molecule has 2 aromatic carbocycles. The highest BCUT2D eigenvalue weighted by Crippen LogP contribution is 2.16. The largest absolute Gasteiger partial charge is 0.497 e. The van der Waals surface area contributed by atoms with Gasteiger partial charge in [-0.2, -0.15) is 0 Å². The van der Waals surface area contributed by atoms with Crippen molar-refractivity contribution in [3.05, 3.63) is 65.7 Å². The molecule has 4 nitrogen and oxygen atoms in total. The fraction of sp³-hybridized carbons (Fsp3) is 0.409. The van der Waals surface area contributed by atoms with Crippen molar-refractivity contribution in [3.63, 3.8) is 0 Å². The molecule has 1 aliphatic rings. The van der Waals surface area contributed by atoms with Gasteiger partial charge < -0.3 is 20.3 Å². The highest BCUT2D eigenvalue weighted by molar-refractivity contribution is 7.80. The van der Waals surface area contributed by atoms with E-state index >= 15 is 0 Å². The molecule has 1 fully saturated rings. The first-order valence-electron chi connectivity index (χ1n) is 9.80. The molecule has 27 heavy (non-hydrogen) atoms. The summed E-state index contributed by atoms with van der Waals surface area (Å²) >= 11 is 5.51. The number of nitrogens with one attached hydrogen (secondary N) is 3. The second kappa shape index (κ2) is 10.3. The maximum atomic E-state index is 5.51. The van der Waals surface area contributed by atoms with Crippen molar-refractivity contribution in [1.29, 1.82) is 0 Å². The minimum absolute atomic E-state index is 0.396. The lowest BCUT2D eigenvalue weighted by Crippen LogP contribution is -3.13. The van der Waals surface area contributed by atoms with Gasteiger partial charge in [0.1, 0.15) is 11.8 Å². The zero-order chi connectivity index (χ0) is 18.9. The van der Waals surface area contributed by atoms with Gasteiger partial charge in [-0.25, -0.2) is 0 Å². The Labute approximate surface area is 167 Å². The normalized spacial score (nSPS) is 15.7. The standard InChI is InChI=1S/C22H29N3OS/c1-26-20-12-10-19(11-13-20)21(25-14-6-3-7-15-25)17-24-22(27)23-16-18-8-4-2-5-9-18/h2,4-5,8-13,21H,3,6-7,14-17H2,1H3,(H2,23,24,27)/p+1/t21-/m0/s1. The first-order chi connectivity index (χ1) is 13.3. The molecule has 1 atom stereocenters. The first kappa shape index (κ1) is 19.6. The van der Waals surface area contributed by atoms with Crippen LogP contribution < -0.4 is 20.3 Å². The van der Waals surface area contributed by atoms with E-state index in [4.69, 9.17) is 17.0 Å². The Hall–Kier alpha value is -2.11. The van der Waals surface area contributed by atoms with E-state index in [-0.39, 0.29) is 0 Å². The van der Waals surface area contributed by atoms with Gasteiger partial charge in [0.2, 0.25) is 0 Å². The molecule has 1 heterocycles. The lowest BCUT2D eigenvalue weighted by molar-refractivity contribution is -0.934. The first-order valence-corrected chi connectivity index (χ1v) is 10.2. The van der Waals surface area contributed by atoms with Crippen LogP contribution in [0.2, 0.25) is 0 Å². The summed E-state index contributed by atoms with van der Waals surface area (Å²) in [6.45, 7) is 4.03. The number of methoxy groups -OCH3 is 1. The number of likely N-dealkylation sites (tertiary alicyclic amines) is 1. The average molecular weight is 385 g/mol.